The maximum Gasteiger partial charge on any atom is 0.255 e. The van der Waals surface area contributed by atoms with Gasteiger partial charge in [0.2, 0.25) is 5.95 Å². The molecule has 3 fully saturated rings. The van der Waals surface area contributed by atoms with E-state index in [2.05, 4.69) is 16.0 Å². The average molecular weight is 321 g/mol. The van der Waals surface area contributed by atoms with E-state index in [1.54, 1.807) is 30.1 Å². The molecule has 2 aliphatic heterocycles. The third-order valence-electron chi connectivity index (χ3n) is 5.29. The zero-order chi connectivity index (χ0) is 16.7. The van der Waals surface area contributed by atoms with Gasteiger partial charge in [-0.2, -0.15) is 5.26 Å². The number of hydrogen-bond donors (Lipinski definition) is 0. The summed E-state index contributed by atoms with van der Waals surface area (Å²) in [7, 11) is 1.75. The molecule has 0 amide bonds. The number of anilines is 1. The van der Waals surface area contributed by atoms with E-state index < -0.39 is 0 Å². The van der Waals surface area contributed by atoms with Crippen molar-refractivity contribution in [2.24, 2.45) is 18.9 Å². The Hall–Kier alpha value is -2.68. The summed E-state index contributed by atoms with van der Waals surface area (Å²) in [4.78, 5) is 23.4. The Morgan fingerprint density at radius 3 is 2.79 bits per heavy atom. The lowest BCUT2D eigenvalue weighted by molar-refractivity contribution is 0.203. The number of aromatic nitrogens is 3. The van der Waals surface area contributed by atoms with Crippen LogP contribution in [0.25, 0.3) is 11.3 Å². The minimum Gasteiger partial charge on any atom is -0.338 e. The molecule has 1 saturated carbocycles. The second-order valence-electron chi connectivity index (χ2n) is 6.71. The molecular weight excluding hydrogens is 302 g/mol. The van der Waals surface area contributed by atoms with Crippen LogP contribution in [0.15, 0.2) is 35.4 Å². The summed E-state index contributed by atoms with van der Waals surface area (Å²) in [6, 6.07) is 7.87. The summed E-state index contributed by atoms with van der Waals surface area (Å²) in [6.07, 6.45) is 6.52. The Labute approximate surface area is 140 Å². The molecule has 2 saturated heterocycles. The summed E-state index contributed by atoms with van der Waals surface area (Å²) in [5, 5.41) is 9.46. The fourth-order valence-corrected chi connectivity index (χ4v) is 4.02. The maximum atomic E-state index is 12.4. The van der Waals surface area contributed by atoms with Crippen LogP contribution in [0.3, 0.4) is 0 Å². The van der Waals surface area contributed by atoms with Crippen molar-refractivity contribution >= 4 is 5.95 Å². The van der Waals surface area contributed by atoms with Gasteiger partial charge in [0.25, 0.3) is 5.56 Å². The molecular formula is C18H19N5O. The largest absolute Gasteiger partial charge is 0.338 e. The van der Waals surface area contributed by atoms with Gasteiger partial charge in [-0.15, -0.1) is 0 Å². The highest BCUT2D eigenvalue weighted by Gasteiger charge is 2.42. The van der Waals surface area contributed by atoms with Gasteiger partial charge < -0.3 is 4.90 Å². The summed E-state index contributed by atoms with van der Waals surface area (Å²) >= 11 is 0. The summed E-state index contributed by atoms with van der Waals surface area (Å²) < 4.78 is 1.60. The SMILES string of the molecule is Cn1c(N2CC3CCC2C(C#N)C3)nc(-c2ccncc2)cc1=O. The monoisotopic (exact) mass is 321 g/mol. The number of nitrogens with zero attached hydrogens (tertiary/aromatic N) is 5. The van der Waals surface area contributed by atoms with E-state index in [-0.39, 0.29) is 17.5 Å². The number of nitriles is 1. The number of fused-ring (bicyclic) bond motifs is 3. The van der Waals surface area contributed by atoms with E-state index in [0.29, 0.717) is 17.6 Å². The summed E-state index contributed by atoms with van der Waals surface area (Å²) in [5.41, 5.74) is 1.45. The first-order valence-corrected chi connectivity index (χ1v) is 8.32. The predicted octanol–water partition coefficient (Wildman–Crippen LogP) is 1.97. The van der Waals surface area contributed by atoms with Crippen molar-refractivity contribution in [1.29, 1.82) is 5.26 Å². The van der Waals surface area contributed by atoms with Crippen LogP contribution in [0.4, 0.5) is 5.95 Å². The van der Waals surface area contributed by atoms with Gasteiger partial charge in [-0.05, 0) is 37.3 Å². The molecule has 3 unspecified atom stereocenters. The summed E-state index contributed by atoms with van der Waals surface area (Å²) in [5.74, 6) is 1.21. The van der Waals surface area contributed by atoms with Gasteiger partial charge in [0, 0.05) is 43.7 Å². The Morgan fingerprint density at radius 1 is 1.29 bits per heavy atom. The molecule has 122 valence electrons. The third kappa shape index (κ3) is 2.37. The zero-order valence-electron chi connectivity index (χ0n) is 13.6. The van der Waals surface area contributed by atoms with Gasteiger partial charge >= 0.3 is 0 Å². The fraction of sp³-hybridized carbons (Fsp3) is 0.444. The fourth-order valence-electron chi connectivity index (χ4n) is 4.02. The van der Waals surface area contributed by atoms with Crippen LogP contribution in [-0.4, -0.2) is 27.1 Å². The third-order valence-corrected chi connectivity index (χ3v) is 5.29. The average Bonchev–Trinajstić information content (AvgIpc) is 2.64. The molecule has 6 heteroatoms. The lowest BCUT2D eigenvalue weighted by Gasteiger charge is -2.48. The minimum absolute atomic E-state index is 0.0268. The molecule has 1 aliphatic carbocycles. The van der Waals surface area contributed by atoms with Crippen molar-refractivity contribution in [1.82, 2.24) is 14.5 Å². The summed E-state index contributed by atoms with van der Waals surface area (Å²) in [6.45, 7) is 0.878. The highest BCUT2D eigenvalue weighted by atomic mass is 16.1. The van der Waals surface area contributed by atoms with Crippen LogP contribution in [0.5, 0.6) is 0 Å². The van der Waals surface area contributed by atoms with Crippen LogP contribution in [0, 0.1) is 23.2 Å². The van der Waals surface area contributed by atoms with Crippen LogP contribution in [-0.2, 0) is 7.05 Å². The molecule has 2 aromatic rings. The topological polar surface area (TPSA) is 74.8 Å². The Kier molecular flexibility index (Phi) is 3.57. The first-order valence-electron chi connectivity index (χ1n) is 8.32. The molecule has 0 N–H and O–H groups in total. The maximum absolute atomic E-state index is 12.4. The van der Waals surface area contributed by atoms with E-state index in [1.807, 2.05) is 12.1 Å². The van der Waals surface area contributed by atoms with Gasteiger partial charge in [-0.25, -0.2) is 4.98 Å². The van der Waals surface area contributed by atoms with Crippen LogP contribution in [0.1, 0.15) is 19.3 Å². The molecule has 2 bridgehead atoms. The van der Waals surface area contributed by atoms with Gasteiger partial charge in [-0.3, -0.25) is 14.3 Å². The molecule has 5 rings (SSSR count). The number of pyridine rings is 1. The molecule has 24 heavy (non-hydrogen) atoms. The Morgan fingerprint density at radius 2 is 2.08 bits per heavy atom. The van der Waals surface area contributed by atoms with Crippen molar-refractivity contribution in [3.05, 3.63) is 40.9 Å². The van der Waals surface area contributed by atoms with Crippen molar-refractivity contribution < 1.29 is 0 Å². The highest BCUT2D eigenvalue weighted by molar-refractivity contribution is 5.59. The molecule has 3 atom stereocenters. The molecule has 2 aromatic heterocycles. The lowest BCUT2D eigenvalue weighted by atomic mass is 9.73. The van der Waals surface area contributed by atoms with Gasteiger partial charge in [0.1, 0.15) is 0 Å². The molecule has 6 nitrogen and oxygen atoms in total. The first-order chi connectivity index (χ1) is 11.7. The van der Waals surface area contributed by atoms with Crippen molar-refractivity contribution in [3.8, 4) is 17.3 Å². The van der Waals surface area contributed by atoms with E-state index in [0.717, 1.165) is 31.4 Å². The van der Waals surface area contributed by atoms with Gasteiger partial charge in [0.15, 0.2) is 0 Å². The second kappa shape index (κ2) is 5.75. The standard InChI is InChI=1S/C18H19N5O/c1-22-17(24)9-15(13-4-6-20-7-5-13)21-18(22)23-11-12-2-3-16(23)14(8-12)10-19/h4-7,9,12,14,16H,2-3,8,11H2,1H3. The van der Waals surface area contributed by atoms with Crippen molar-refractivity contribution in [2.75, 3.05) is 11.4 Å². The molecule has 0 spiro atoms. The second-order valence-corrected chi connectivity index (χ2v) is 6.71. The van der Waals surface area contributed by atoms with Crippen LogP contribution < -0.4 is 10.5 Å². The van der Waals surface area contributed by atoms with Crippen LogP contribution >= 0.6 is 0 Å². The zero-order valence-corrected chi connectivity index (χ0v) is 13.6. The van der Waals surface area contributed by atoms with E-state index in [9.17, 15) is 10.1 Å². The Balaban J connectivity index is 1.80. The van der Waals surface area contributed by atoms with E-state index >= 15 is 0 Å². The van der Waals surface area contributed by atoms with Crippen LogP contribution in [0.2, 0.25) is 0 Å². The van der Waals surface area contributed by atoms with E-state index in [1.165, 1.54) is 0 Å². The van der Waals surface area contributed by atoms with Gasteiger partial charge in [0.05, 0.1) is 17.7 Å². The molecule has 0 aromatic carbocycles. The highest BCUT2D eigenvalue weighted by Crippen LogP contribution is 2.40. The molecule has 0 radical (unpaired) electrons. The van der Waals surface area contributed by atoms with E-state index in [4.69, 9.17) is 4.98 Å². The molecule has 3 aliphatic rings. The number of piperidine rings is 2. The van der Waals surface area contributed by atoms with Gasteiger partial charge in [-0.1, -0.05) is 0 Å². The predicted molar refractivity (Wildman–Crippen MR) is 90.3 cm³/mol. The number of rotatable bonds is 2. The Bertz CT molecular complexity index is 854. The molecule has 4 heterocycles. The number of hydrogen-bond acceptors (Lipinski definition) is 5. The normalized spacial score (nSPS) is 25.5. The smallest absolute Gasteiger partial charge is 0.255 e. The lowest BCUT2D eigenvalue weighted by Crippen LogP contribution is -2.54. The van der Waals surface area contributed by atoms with Crippen molar-refractivity contribution in [3.63, 3.8) is 0 Å². The quantitative estimate of drug-likeness (QED) is 0.845. The first kappa shape index (κ1) is 14.9. The minimum atomic E-state index is -0.0817. The van der Waals surface area contributed by atoms with Crippen molar-refractivity contribution in [2.45, 2.75) is 25.3 Å².